The monoisotopic (exact) mass is 691 g/mol. The van der Waals surface area contributed by atoms with E-state index in [1.54, 1.807) is 0 Å². The first-order valence-corrected chi connectivity index (χ1v) is 19.3. The molecular weight excluding hydrogens is 651 g/mol. The highest BCUT2D eigenvalue weighted by atomic mass is 15.1. The summed E-state index contributed by atoms with van der Waals surface area (Å²) in [7, 11) is 0. The molecule has 0 saturated carbocycles. The second-order valence-electron chi connectivity index (χ2n) is 14.7. The molecule has 2 aliphatic rings. The highest BCUT2D eigenvalue weighted by Crippen LogP contribution is 2.59. The van der Waals surface area contributed by atoms with E-state index in [4.69, 9.17) is 0 Å². The molecule has 0 radical (unpaired) electrons. The smallest absolute Gasteiger partial charge is 0.0714 e. The Balaban J connectivity index is 1.34. The summed E-state index contributed by atoms with van der Waals surface area (Å²) in [6, 6.07) is 74.4. The fourth-order valence-electron chi connectivity index (χ4n) is 9.31. The van der Waals surface area contributed by atoms with Crippen LogP contribution in [0.25, 0.3) is 33.4 Å². The molecule has 0 heterocycles. The summed E-state index contributed by atoms with van der Waals surface area (Å²) in [6.45, 7) is 0. The Morgan fingerprint density at radius 2 is 0.926 bits per heavy atom. The van der Waals surface area contributed by atoms with Crippen LogP contribution in [0.15, 0.2) is 200 Å². The van der Waals surface area contributed by atoms with Gasteiger partial charge in [0, 0.05) is 16.8 Å². The van der Waals surface area contributed by atoms with Gasteiger partial charge in [-0.05, 0) is 112 Å². The number of hydrogen-bond donors (Lipinski definition) is 0. The van der Waals surface area contributed by atoms with Gasteiger partial charge in [0.15, 0.2) is 0 Å². The van der Waals surface area contributed by atoms with Gasteiger partial charge in [-0.25, -0.2) is 0 Å². The van der Waals surface area contributed by atoms with E-state index >= 15 is 0 Å². The number of benzene rings is 8. The van der Waals surface area contributed by atoms with E-state index in [2.05, 4.69) is 205 Å². The standard InChI is InChI=1S/C53H41N/c1-5-20-39(21-6-1)45-29-16-18-32-51(45)54(44-27-11-4-12-28-44)52-37-50-48(36-47(52)41-34-33-38-19-13-14-22-40(38)35-41)46-30-15-17-31-49(46)53(50,42-23-7-2-8-24-42)43-25-9-3-10-26-43/h1-12,15-18,20-21,23-37H,13-14,19,22H2. The van der Waals surface area contributed by atoms with Gasteiger partial charge in [0.25, 0.3) is 0 Å². The number of hydrogen-bond acceptors (Lipinski definition) is 1. The molecule has 0 amide bonds. The maximum atomic E-state index is 2.54. The summed E-state index contributed by atoms with van der Waals surface area (Å²) < 4.78 is 0. The number of rotatable bonds is 7. The molecule has 0 aliphatic heterocycles. The lowest BCUT2D eigenvalue weighted by atomic mass is 9.67. The van der Waals surface area contributed by atoms with Crippen molar-refractivity contribution in [3.8, 4) is 33.4 Å². The lowest BCUT2D eigenvalue weighted by Crippen LogP contribution is -2.28. The molecule has 54 heavy (non-hydrogen) atoms. The second-order valence-corrected chi connectivity index (χ2v) is 14.7. The molecule has 0 saturated heterocycles. The van der Waals surface area contributed by atoms with Gasteiger partial charge in [0.1, 0.15) is 0 Å². The summed E-state index contributed by atoms with van der Waals surface area (Å²) in [5.41, 5.74) is 18.6. The predicted molar refractivity (Wildman–Crippen MR) is 226 cm³/mol. The van der Waals surface area contributed by atoms with Crippen molar-refractivity contribution >= 4 is 17.1 Å². The first kappa shape index (κ1) is 32.2. The van der Waals surface area contributed by atoms with Gasteiger partial charge in [-0.1, -0.05) is 170 Å². The summed E-state index contributed by atoms with van der Waals surface area (Å²) in [6.07, 6.45) is 4.82. The van der Waals surface area contributed by atoms with Crippen LogP contribution in [-0.4, -0.2) is 0 Å². The first-order chi connectivity index (χ1) is 26.8. The normalized spacial score (nSPS) is 13.8. The van der Waals surface area contributed by atoms with Gasteiger partial charge < -0.3 is 4.90 Å². The van der Waals surface area contributed by atoms with Crippen molar-refractivity contribution in [2.75, 3.05) is 4.90 Å². The first-order valence-electron chi connectivity index (χ1n) is 19.3. The second kappa shape index (κ2) is 13.5. The van der Waals surface area contributed by atoms with E-state index in [1.807, 2.05) is 0 Å². The minimum atomic E-state index is -0.515. The third-order valence-corrected chi connectivity index (χ3v) is 11.7. The fraction of sp³-hybridized carbons (Fsp3) is 0.0943. The molecule has 258 valence electrons. The zero-order valence-electron chi connectivity index (χ0n) is 30.3. The van der Waals surface area contributed by atoms with Gasteiger partial charge in [-0.2, -0.15) is 0 Å². The van der Waals surface area contributed by atoms with Gasteiger partial charge in [-0.3, -0.25) is 0 Å². The third kappa shape index (κ3) is 5.23. The van der Waals surface area contributed by atoms with Crippen molar-refractivity contribution in [3.05, 3.63) is 234 Å². The van der Waals surface area contributed by atoms with E-state index in [0.717, 1.165) is 24.2 Å². The zero-order chi connectivity index (χ0) is 35.9. The Bertz CT molecular complexity index is 2550. The number of aryl methyl sites for hydroxylation is 2. The van der Waals surface area contributed by atoms with Gasteiger partial charge >= 0.3 is 0 Å². The lowest BCUT2D eigenvalue weighted by molar-refractivity contribution is 0.686. The Kier molecular flexibility index (Phi) is 8.07. The fourth-order valence-corrected chi connectivity index (χ4v) is 9.31. The lowest BCUT2D eigenvalue weighted by Gasteiger charge is -2.36. The average molecular weight is 692 g/mol. The van der Waals surface area contributed by atoms with Gasteiger partial charge in [-0.15, -0.1) is 0 Å². The number of para-hydroxylation sites is 2. The zero-order valence-corrected chi connectivity index (χ0v) is 30.3. The number of fused-ring (bicyclic) bond motifs is 4. The van der Waals surface area contributed by atoms with Crippen LogP contribution in [0.4, 0.5) is 17.1 Å². The van der Waals surface area contributed by atoms with Crippen molar-refractivity contribution in [1.29, 1.82) is 0 Å². The molecule has 10 rings (SSSR count). The SMILES string of the molecule is c1ccc(-c2ccccc2N(c2ccccc2)c2cc3c(cc2-c2ccc4c(c2)CCCC4)-c2ccccc2C3(c2ccccc2)c2ccccc2)cc1. The summed E-state index contributed by atoms with van der Waals surface area (Å²) >= 11 is 0. The maximum Gasteiger partial charge on any atom is 0.0714 e. The van der Waals surface area contributed by atoms with Crippen molar-refractivity contribution in [1.82, 2.24) is 0 Å². The van der Waals surface area contributed by atoms with E-state index in [-0.39, 0.29) is 0 Å². The molecule has 0 aromatic heterocycles. The molecule has 0 unspecified atom stereocenters. The Hall–Kier alpha value is -6.44. The molecule has 0 spiro atoms. The Labute approximate surface area is 318 Å². The molecule has 0 fully saturated rings. The average Bonchev–Trinajstić information content (AvgIpc) is 3.55. The molecule has 8 aromatic carbocycles. The van der Waals surface area contributed by atoms with Gasteiger partial charge in [0.05, 0.1) is 16.8 Å². The van der Waals surface area contributed by atoms with E-state index in [1.165, 1.54) is 85.3 Å². The highest BCUT2D eigenvalue weighted by Gasteiger charge is 2.47. The summed E-state index contributed by atoms with van der Waals surface area (Å²) in [5, 5.41) is 0. The van der Waals surface area contributed by atoms with Crippen molar-refractivity contribution < 1.29 is 0 Å². The van der Waals surface area contributed by atoms with Crippen LogP contribution in [0.3, 0.4) is 0 Å². The molecular formula is C53H41N. The largest absolute Gasteiger partial charge is 0.309 e. The topological polar surface area (TPSA) is 3.24 Å². The molecule has 0 bridgehead atoms. The Morgan fingerprint density at radius 1 is 0.352 bits per heavy atom. The third-order valence-electron chi connectivity index (χ3n) is 11.7. The number of anilines is 3. The molecule has 2 aliphatic carbocycles. The molecule has 0 N–H and O–H groups in total. The predicted octanol–water partition coefficient (Wildman–Crippen LogP) is 13.7. The van der Waals surface area contributed by atoms with Crippen LogP contribution in [0.1, 0.15) is 46.2 Å². The van der Waals surface area contributed by atoms with E-state index in [0.29, 0.717) is 0 Å². The summed E-state index contributed by atoms with van der Waals surface area (Å²) in [5.74, 6) is 0. The van der Waals surface area contributed by atoms with Crippen molar-refractivity contribution in [2.45, 2.75) is 31.1 Å². The minimum absolute atomic E-state index is 0.515. The van der Waals surface area contributed by atoms with E-state index < -0.39 is 5.41 Å². The maximum absolute atomic E-state index is 2.54. The molecule has 8 aromatic rings. The van der Waals surface area contributed by atoms with Crippen molar-refractivity contribution in [2.24, 2.45) is 0 Å². The minimum Gasteiger partial charge on any atom is -0.309 e. The van der Waals surface area contributed by atoms with Crippen LogP contribution in [0, 0.1) is 0 Å². The van der Waals surface area contributed by atoms with Gasteiger partial charge in [0.2, 0.25) is 0 Å². The van der Waals surface area contributed by atoms with Crippen LogP contribution < -0.4 is 4.90 Å². The molecule has 1 heteroatoms. The Morgan fingerprint density at radius 3 is 1.63 bits per heavy atom. The summed E-state index contributed by atoms with van der Waals surface area (Å²) in [4.78, 5) is 2.52. The molecule has 1 nitrogen and oxygen atoms in total. The quantitative estimate of drug-likeness (QED) is 0.161. The van der Waals surface area contributed by atoms with Crippen LogP contribution >= 0.6 is 0 Å². The van der Waals surface area contributed by atoms with Crippen LogP contribution in [0.5, 0.6) is 0 Å². The van der Waals surface area contributed by atoms with Crippen LogP contribution in [-0.2, 0) is 18.3 Å². The van der Waals surface area contributed by atoms with Crippen molar-refractivity contribution in [3.63, 3.8) is 0 Å². The molecule has 0 atom stereocenters. The highest BCUT2D eigenvalue weighted by molar-refractivity contribution is 5.98. The van der Waals surface area contributed by atoms with E-state index in [9.17, 15) is 0 Å². The van der Waals surface area contributed by atoms with Crippen LogP contribution in [0.2, 0.25) is 0 Å². The number of nitrogens with zero attached hydrogens (tertiary/aromatic N) is 1.